The Morgan fingerprint density at radius 1 is 1.20 bits per heavy atom. The fourth-order valence-corrected chi connectivity index (χ4v) is 2.39. The highest BCUT2D eigenvalue weighted by Gasteiger charge is 2.09. The Morgan fingerprint density at radius 3 is 2.55 bits per heavy atom. The third-order valence-electron chi connectivity index (χ3n) is 3.98. The number of rotatable bonds is 7. The van der Waals surface area contributed by atoms with Crippen LogP contribution in [0.4, 0.5) is 0 Å². The second-order valence-corrected chi connectivity index (χ2v) is 5.66. The van der Waals surface area contributed by atoms with Crippen LogP contribution < -0.4 is 4.74 Å². The first kappa shape index (κ1) is 15.3. The van der Waals surface area contributed by atoms with Gasteiger partial charge in [0.05, 0.1) is 13.2 Å². The summed E-state index contributed by atoms with van der Waals surface area (Å²) in [6.45, 7) is 10.0. The Hall–Kier alpha value is -1.06. The molecule has 1 aromatic carbocycles. The largest absolute Gasteiger partial charge is 0.492 e. The standard InChI is InChI=1S/C17H27NO2/c1-3-15(2)14-16-4-6-17(7-5-16)20-13-10-18-8-11-19-12-9-18/h4-7,15H,3,8-14H2,1-2H3/t15-/m1/s1. The van der Waals surface area contributed by atoms with Crippen molar-refractivity contribution in [1.29, 1.82) is 0 Å². The van der Waals surface area contributed by atoms with E-state index in [0.717, 1.165) is 57.5 Å². The van der Waals surface area contributed by atoms with E-state index >= 15 is 0 Å². The van der Waals surface area contributed by atoms with Crippen molar-refractivity contribution in [3.63, 3.8) is 0 Å². The molecule has 20 heavy (non-hydrogen) atoms. The summed E-state index contributed by atoms with van der Waals surface area (Å²) in [6, 6.07) is 8.57. The molecule has 0 radical (unpaired) electrons. The predicted octanol–water partition coefficient (Wildman–Crippen LogP) is 2.99. The van der Waals surface area contributed by atoms with E-state index in [0.29, 0.717) is 0 Å². The molecule has 0 aromatic heterocycles. The summed E-state index contributed by atoms with van der Waals surface area (Å²) in [4.78, 5) is 2.39. The molecule has 3 heteroatoms. The lowest BCUT2D eigenvalue weighted by Crippen LogP contribution is -2.38. The van der Waals surface area contributed by atoms with Crippen molar-refractivity contribution in [3.05, 3.63) is 29.8 Å². The van der Waals surface area contributed by atoms with E-state index in [9.17, 15) is 0 Å². The highest BCUT2D eigenvalue weighted by Crippen LogP contribution is 2.16. The average Bonchev–Trinajstić information content (AvgIpc) is 2.50. The van der Waals surface area contributed by atoms with Crippen LogP contribution in [0.5, 0.6) is 5.75 Å². The summed E-state index contributed by atoms with van der Waals surface area (Å²) in [5, 5.41) is 0. The van der Waals surface area contributed by atoms with Crippen LogP contribution in [-0.2, 0) is 11.2 Å². The topological polar surface area (TPSA) is 21.7 Å². The normalized spacial score (nSPS) is 17.9. The molecule has 0 aliphatic carbocycles. The Balaban J connectivity index is 1.70. The third kappa shape index (κ3) is 5.14. The summed E-state index contributed by atoms with van der Waals surface area (Å²) in [6.07, 6.45) is 2.39. The van der Waals surface area contributed by atoms with E-state index in [1.807, 2.05) is 0 Å². The van der Waals surface area contributed by atoms with Crippen molar-refractivity contribution in [3.8, 4) is 5.75 Å². The van der Waals surface area contributed by atoms with E-state index in [1.54, 1.807) is 0 Å². The first-order chi connectivity index (χ1) is 9.78. The smallest absolute Gasteiger partial charge is 0.119 e. The third-order valence-corrected chi connectivity index (χ3v) is 3.98. The lowest BCUT2D eigenvalue weighted by Gasteiger charge is -2.26. The summed E-state index contributed by atoms with van der Waals surface area (Å²) in [5.41, 5.74) is 1.40. The molecule has 1 saturated heterocycles. The summed E-state index contributed by atoms with van der Waals surface area (Å²) in [5.74, 6) is 1.73. The minimum atomic E-state index is 0.753. The van der Waals surface area contributed by atoms with Crippen molar-refractivity contribution in [2.75, 3.05) is 39.5 Å². The molecule has 0 saturated carbocycles. The molecular weight excluding hydrogens is 250 g/mol. The highest BCUT2D eigenvalue weighted by molar-refractivity contribution is 5.27. The van der Waals surface area contributed by atoms with Gasteiger partial charge in [-0.3, -0.25) is 4.90 Å². The molecule has 0 bridgehead atoms. The molecule has 1 atom stereocenters. The molecule has 0 unspecified atom stereocenters. The lowest BCUT2D eigenvalue weighted by atomic mass is 9.99. The number of benzene rings is 1. The van der Waals surface area contributed by atoms with Crippen LogP contribution in [0.3, 0.4) is 0 Å². The first-order valence-corrected chi connectivity index (χ1v) is 7.79. The van der Waals surface area contributed by atoms with Gasteiger partial charge >= 0.3 is 0 Å². The molecule has 2 rings (SSSR count). The van der Waals surface area contributed by atoms with Crippen molar-refractivity contribution in [2.45, 2.75) is 26.7 Å². The van der Waals surface area contributed by atoms with Crippen LogP contribution in [0, 0.1) is 5.92 Å². The second-order valence-electron chi connectivity index (χ2n) is 5.66. The minimum Gasteiger partial charge on any atom is -0.492 e. The van der Waals surface area contributed by atoms with Crippen LogP contribution in [0.1, 0.15) is 25.8 Å². The Bertz CT molecular complexity index is 371. The lowest BCUT2D eigenvalue weighted by molar-refractivity contribution is 0.0322. The van der Waals surface area contributed by atoms with Crippen molar-refractivity contribution in [1.82, 2.24) is 4.90 Å². The van der Waals surface area contributed by atoms with Gasteiger partial charge in [-0.2, -0.15) is 0 Å². The van der Waals surface area contributed by atoms with Crippen molar-refractivity contribution >= 4 is 0 Å². The zero-order valence-electron chi connectivity index (χ0n) is 12.8. The SMILES string of the molecule is CC[C@@H](C)Cc1ccc(OCCN2CCOCC2)cc1. The molecule has 1 aliphatic heterocycles. The van der Waals surface area contributed by atoms with Gasteiger partial charge in [0.1, 0.15) is 12.4 Å². The number of ether oxygens (including phenoxy) is 2. The van der Waals surface area contributed by atoms with Crippen LogP contribution in [0.25, 0.3) is 0 Å². The number of hydrogen-bond acceptors (Lipinski definition) is 3. The molecule has 0 amide bonds. The van der Waals surface area contributed by atoms with E-state index in [1.165, 1.54) is 12.0 Å². The van der Waals surface area contributed by atoms with Gasteiger partial charge in [0.2, 0.25) is 0 Å². The summed E-state index contributed by atoms with van der Waals surface area (Å²) >= 11 is 0. The fourth-order valence-electron chi connectivity index (χ4n) is 2.39. The number of nitrogens with zero attached hydrogens (tertiary/aromatic N) is 1. The average molecular weight is 277 g/mol. The molecule has 0 N–H and O–H groups in total. The number of hydrogen-bond donors (Lipinski definition) is 0. The van der Waals surface area contributed by atoms with Gasteiger partial charge in [-0.25, -0.2) is 0 Å². The Morgan fingerprint density at radius 2 is 1.90 bits per heavy atom. The van der Waals surface area contributed by atoms with Crippen LogP contribution in [-0.4, -0.2) is 44.4 Å². The maximum Gasteiger partial charge on any atom is 0.119 e. The molecule has 0 spiro atoms. The molecule has 1 aromatic rings. The van der Waals surface area contributed by atoms with Crippen LogP contribution in [0.15, 0.2) is 24.3 Å². The molecule has 1 fully saturated rings. The Kier molecular flexibility index (Phi) is 6.34. The zero-order chi connectivity index (χ0) is 14.2. The van der Waals surface area contributed by atoms with Gasteiger partial charge < -0.3 is 9.47 Å². The molecule has 1 aliphatic rings. The second kappa shape index (κ2) is 8.28. The van der Waals surface area contributed by atoms with Gasteiger partial charge in [-0.1, -0.05) is 32.4 Å². The Labute approximate surface area is 122 Å². The monoisotopic (exact) mass is 277 g/mol. The molecule has 112 valence electrons. The van der Waals surface area contributed by atoms with E-state index in [4.69, 9.17) is 9.47 Å². The highest BCUT2D eigenvalue weighted by atomic mass is 16.5. The zero-order valence-corrected chi connectivity index (χ0v) is 12.8. The van der Waals surface area contributed by atoms with E-state index in [2.05, 4.69) is 43.0 Å². The van der Waals surface area contributed by atoms with Crippen LogP contribution >= 0.6 is 0 Å². The first-order valence-electron chi connectivity index (χ1n) is 7.79. The molecule has 3 nitrogen and oxygen atoms in total. The van der Waals surface area contributed by atoms with E-state index in [-0.39, 0.29) is 0 Å². The van der Waals surface area contributed by atoms with E-state index < -0.39 is 0 Å². The molecule has 1 heterocycles. The predicted molar refractivity (Wildman–Crippen MR) is 82.4 cm³/mol. The van der Waals surface area contributed by atoms with Gasteiger partial charge in [-0.15, -0.1) is 0 Å². The maximum atomic E-state index is 5.81. The number of morpholine rings is 1. The van der Waals surface area contributed by atoms with Gasteiger partial charge in [0.25, 0.3) is 0 Å². The van der Waals surface area contributed by atoms with Crippen molar-refractivity contribution < 1.29 is 9.47 Å². The molecular formula is C17H27NO2. The van der Waals surface area contributed by atoms with Crippen molar-refractivity contribution in [2.24, 2.45) is 5.92 Å². The van der Waals surface area contributed by atoms with Crippen LogP contribution in [0.2, 0.25) is 0 Å². The van der Waals surface area contributed by atoms with Gasteiger partial charge in [0, 0.05) is 19.6 Å². The quantitative estimate of drug-likeness (QED) is 0.765. The fraction of sp³-hybridized carbons (Fsp3) is 0.647. The summed E-state index contributed by atoms with van der Waals surface area (Å²) < 4.78 is 11.1. The minimum absolute atomic E-state index is 0.753. The summed E-state index contributed by atoms with van der Waals surface area (Å²) in [7, 11) is 0. The maximum absolute atomic E-state index is 5.81. The van der Waals surface area contributed by atoms with Gasteiger partial charge in [-0.05, 0) is 30.0 Å². The van der Waals surface area contributed by atoms with Gasteiger partial charge in [0.15, 0.2) is 0 Å².